The number of rotatable bonds is 8. The molecule has 1 amide bonds. The predicted octanol–water partition coefficient (Wildman–Crippen LogP) is 5.89. The van der Waals surface area contributed by atoms with E-state index in [4.69, 9.17) is 0 Å². The van der Waals surface area contributed by atoms with E-state index in [1.165, 1.54) is 39.1 Å². The van der Waals surface area contributed by atoms with Gasteiger partial charge in [-0.2, -0.15) is 0 Å². The predicted molar refractivity (Wildman–Crippen MR) is 140 cm³/mol. The number of benzene rings is 1. The molecule has 0 aliphatic rings. The molecular formula is C25H29N5O2S2. The first-order valence-corrected chi connectivity index (χ1v) is 13.2. The summed E-state index contributed by atoms with van der Waals surface area (Å²) in [4.78, 5) is 31.8. The van der Waals surface area contributed by atoms with Gasteiger partial charge in [0.2, 0.25) is 11.0 Å². The number of amides is 1. The Morgan fingerprint density at radius 2 is 1.85 bits per heavy atom. The zero-order valence-electron chi connectivity index (χ0n) is 20.0. The summed E-state index contributed by atoms with van der Waals surface area (Å²) in [5, 5.41) is 14.9. The molecule has 0 saturated carbocycles. The van der Waals surface area contributed by atoms with Gasteiger partial charge in [-0.15, -0.1) is 21.5 Å². The van der Waals surface area contributed by atoms with Crippen molar-refractivity contribution >= 4 is 43.9 Å². The van der Waals surface area contributed by atoms with Gasteiger partial charge >= 0.3 is 0 Å². The van der Waals surface area contributed by atoms with Crippen LogP contribution in [0.2, 0.25) is 0 Å². The van der Waals surface area contributed by atoms with Gasteiger partial charge in [0.05, 0.1) is 11.7 Å². The molecule has 178 valence electrons. The third-order valence-electron chi connectivity index (χ3n) is 5.71. The molecular weight excluding hydrogens is 466 g/mol. The van der Waals surface area contributed by atoms with E-state index in [1.54, 1.807) is 0 Å². The maximum atomic E-state index is 13.6. The van der Waals surface area contributed by atoms with Crippen LogP contribution in [0.4, 0.5) is 5.13 Å². The lowest BCUT2D eigenvalue weighted by atomic mass is 9.99. The lowest BCUT2D eigenvalue weighted by Crippen LogP contribution is -2.33. The molecule has 0 fully saturated rings. The summed E-state index contributed by atoms with van der Waals surface area (Å²) >= 11 is 2.81. The highest BCUT2D eigenvalue weighted by atomic mass is 32.1. The molecule has 4 rings (SSSR count). The summed E-state index contributed by atoms with van der Waals surface area (Å²) in [5.74, 6) is 0.596. The second kappa shape index (κ2) is 10.1. The smallest absolute Gasteiger partial charge is 0.263 e. The Morgan fingerprint density at radius 3 is 2.50 bits per heavy atom. The van der Waals surface area contributed by atoms with Crippen LogP contribution in [0.25, 0.3) is 21.3 Å². The fourth-order valence-corrected chi connectivity index (χ4v) is 5.72. The van der Waals surface area contributed by atoms with Gasteiger partial charge in [-0.1, -0.05) is 70.2 Å². The van der Waals surface area contributed by atoms with Crippen molar-refractivity contribution in [1.82, 2.24) is 19.7 Å². The van der Waals surface area contributed by atoms with Crippen molar-refractivity contribution in [1.29, 1.82) is 0 Å². The van der Waals surface area contributed by atoms with E-state index in [0.29, 0.717) is 33.6 Å². The van der Waals surface area contributed by atoms with E-state index in [0.717, 1.165) is 22.6 Å². The number of aromatic nitrogens is 4. The molecule has 34 heavy (non-hydrogen) atoms. The van der Waals surface area contributed by atoms with E-state index < -0.39 is 6.04 Å². The first kappa shape index (κ1) is 24.2. The van der Waals surface area contributed by atoms with E-state index in [1.807, 2.05) is 24.4 Å². The Bertz CT molecular complexity index is 1350. The Morgan fingerprint density at radius 1 is 1.12 bits per heavy atom. The average molecular weight is 496 g/mol. The average Bonchev–Trinajstić information content (AvgIpc) is 3.42. The van der Waals surface area contributed by atoms with Crippen molar-refractivity contribution in [2.75, 3.05) is 5.32 Å². The lowest BCUT2D eigenvalue weighted by Gasteiger charge is -2.16. The summed E-state index contributed by atoms with van der Waals surface area (Å²) in [6.07, 6.45) is 2.73. The molecule has 1 N–H and O–H groups in total. The number of anilines is 1. The molecule has 9 heteroatoms. The summed E-state index contributed by atoms with van der Waals surface area (Å²) < 4.78 is 1.44. The van der Waals surface area contributed by atoms with Crippen LogP contribution >= 0.6 is 22.7 Å². The number of carbonyl (C=O) groups excluding carboxylic acids is 1. The second-order valence-electron chi connectivity index (χ2n) is 9.08. The van der Waals surface area contributed by atoms with Gasteiger partial charge in [0.15, 0.2) is 0 Å². The minimum atomic E-state index is -0.696. The van der Waals surface area contributed by atoms with Crippen LogP contribution in [0.3, 0.4) is 0 Å². The monoisotopic (exact) mass is 495 g/mol. The number of fused-ring (bicyclic) bond motifs is 1. The molecule has 3 heterocycles. The zero-order valence-corrected chi connectivity index (χ0v) is 21.7. The number of nitrogens with zero attached hydrogens (tertiary/aromatic N) is 4. The van der Waals surface area contributed by atoms with Crippen LogP contribution in [0, 0.1) is 5.92 Å². The Kier molecular flexibility index (Phi) is 7.23. The number of carbonyl (C=O) groups is 1. The first-order valence-electron chi connectivity index (χ1n) is 11.5. The number of nitrogens with one attached hydrogen (secondary N) is 1. The topological polar surface area (TPSA) is 89.8 Å². The van der Waals surface area contributed by atoms with E-state index in [2.05, 4.69) is 60.3 Å². The summed E-state index contributed by atoms with van der Waals surface area (Å²) in [5.41, 5.74) is 2.85. The number of hydrogen-bond donors (Lipinski definition) is 1. The fraction of sp³-hybridized carbons (Fsp3) is 0.400. The van der Waals surface area contributed by atoms with Crippen LogP contribution in [-0.4, -0.2) is 25.7 Å². The highest BCUT2D eigenvalue weighted by Crippen LogP contribution is 2.32. The van der Waals surface area contributed by atoms with Crippen LogP contribution in [0.1, 0.15) is 63.6 Å². The molecule has 0 saturated heterocycles. The highest BCUT2D eigenvalue weighted by Gasteiger charge is 2.24. The SMILES string of the molecule is CCC(C(=O)Nc1nnc(CC(C)C)s1)n1cnc2scc(-c3ccc(C(C)C)cc3)c2c1=O. The molecule has 4 aromatic rings. The van der Waals surface area contributed by atoms with E-state index in [9.17, 15) is 9.59 Å². The minimum absolute atomic E-state index is 0.214. The normalized spacial score (nSPS) is 12.6. The molecule has 0 radical (unpaired) electrons. The molecule has 3 aromatic heterocycles. The third-order valence-corrected chi connectivity index (χ3v) is 7.46. The Hall–Kier alpha value is -2.91. The largest absolute Gasteiger partial charge is 0.299 e. The maximum absolute atomic E-state index is 13.6. The van der Waals surface area contributed by atoms with Crippen molar-refractivity contribution in [3.8, 4) is 11.1 Å². The van der Waals surface area contributed by atoms with Gasteiger partial charge in [-0.3, -0.25) is 19.5 Å². The fourth-order valence-electron chi connectivity index (χ4n) is 3.86. The van der Waals surface area contributed by atoms with Crippen LogP contribution < -0.4 is 10.9 Å². The van der Waals surface area contributed by atoms with Crippen molar-refractivity contribution in [3.05, 3.63) is 56.9 Å². The standard InChI is InChI=1S/C25H29N5O2S2/c1-6-19(22(31)27-25-29-28-20(34-25)11-14(2)3)30-13-26-23-21(24(30)32)18(12-33-23)17-9-7-16(8-10-17)15(4)5/h7-10,12-15,19H,6,11H2,1-5H3,(H,27,29,31). The van der Waals surface area contributed by atoms with Gasteiger partial charge in [0.1, 0.15) is 15.9 Å². The van der Waals surface area contributed by atoms with Crippen molar-refractivity contribution in [2.24, 2.45) is 5.92 Å². The molecule has 0 spiro atoms. The summed E-state index contributed by atoms with van der Waals surface area (Å²) in [6.45, 7) is 10.4. The van der Waals surface area contributed by atoms with Gasteiger partial charge in [-0.25, -0.2) is 4.98 Å². The molecule has 1 unspecified atom stereocenters. The Balaban J connectivity index is 1.65. The third kappa shape index (κ3) is 4.95. The molecule has 7 nitrogen and oxygen atoms in total. The minimum Gasteiger partial charge on any atom is -0.299 e. The van der Waals surface area contributed by atoms with Crippen LogP contribution in [-0.2, 0) is 11.2 Å². The van der Waals surface area contributed by atoms with Gasteiger partial charge in [-0.05, 0) is 29.4 Å². The van der Waals surface area contributed by atoms with Crippen LogP contribution in [0.15, 0.2) is 40.8 Å². The molecule has 1 aromatic carbocycles. The van der Waals surface area contributed by atoms with Crippen molar-refractivity contribution in [3.63, 3.8) is 0 Å². The highest BCUT2D eigenvalue weighted by molar-refractivity contribution is 7.17. The van der Waals surface area contributed by atoms with Gasteiger partial charge in [0, 0.05) is 17.4 Å². The second-order valence-corrected chi connectivity index (χ2v) is 11.0. The zero-order chi connectivity index (χ0) is 24.4. The number of thiophene rings is 1. The molecule has 0 aliphatic carbocycles. The number of hydrogen-bond acceptors (Lipinski definition) is 7. The van der Waals surface area contributed by atoms with Crippen LogP contribution in [0.5, 0.6) is 0 Å². The maximum Gasteiger partial charge on any atom is 0.263 e. The first-order chi connectivity index (χ1) is 16.3. The molecule has 0 aliphatic heterocycles. The van der Waals surface area contributed by atoms with Gasteiger partial charge < -0.3 is 0 Å². The summed E-state index contributed by atoms with van der Waals surface area (Å²) in [6, 6.07) is 7.58. The summed E-state index contributed by atoms with van der Waals surface area (Å²) in [7, 11) is 0. The molecule has 1 atom stereocenters. The quantitative estimate of drug-likeness (QED) is 0.329. The van der Waals surface area contributed by atoms with E-state index >= 15 is 0 Å². The van der Waals surface area contributed by atoms with E-state index in [-0.39, 0.29) is 11.5 Å². The molecule has 0 bridgehead atoms. The van der Waals surface area contributed by atoms with Crippen molar-refractivity contribution < 1.29 is 4.79 Å². The van der Waals surface area contributed by atoms with Crippen molar-refractivity contribution in [2.45, 2.75) is 59.4 Å². The Labute approximate surface area is 206 Å². The van der Waals surface area contributed by atoms with Gasteiger partial charge in [0.25, 0.3) is 5.56 Å². The lowest BCUT2D eigenvalue weighted by molar-refractivity contribution is -0.119.